The summed E-state index contributed by atoms with van der Waals surface area (Å²) in [6.07, 6.45) is 3.55. The van der Waals surface area contributed by atoms with Crippen molar-refractivity contribution in [3.63, 3.8) is 0 Å². The lowest BCUT2D eigenvalue weighted by Crippen LogP contribution is -2.29. The zero-order valence-corrected chi connectivity index (χ0v) is 20.8. The zero-order chi connectivity index (χ0) is 24.4. The average molecular weight is 504 g/mol. The first-order valence-corrected chi connectivity index (χ1v) is 13.8. The number of hydrogen-bond donors (Lipinski definition) is 2. The van der Waals surface area contributed by atoms with Gasteiger partial charge in [-0.15, -0.1) is 11.8 Å². The molecular weight excluding hydrogens is 478 g/mol. The number of fused-ring (bicyclic) bond motifs is 2. The van der Waals surface area contributed by atoms with E-state index in [-0.39, 0.29) is 22.2 Å². The van der Waals surface area contributed by atoms with Crippen molar-refractivity contribution in [2.45, 2.75) is 28.2 Å². The first kappa shape index (κ1) is 23.3. The number of rotatable bonds is 8. The van der Waals surface area contributed by atoms with Gasteiger partial charge in [0.25, 0.3) is 0 Å². The minimum absolute atomic E-state index is 0.0433. The van der Waals surface area contributed by atoms with Crippen molar-refractivity contribution in [1.29, 1.82) is 0 Å². The van der Waals surface area contributed by atoms with Crippen LogP contribution < -0.4 is 5.32 Å². The SMILES string of the molecule is Cc1ccc(S(=O)(=O)c2cn(CC(=O)NCCSc3c[nH]c4ccccc34)c3ccccc23)cc1. The van der Waals surface area contributed by atoms with Gasteiger partial charge in [0.15, 0.2) is 0 Å². The molecule has 2 N–H and O–H groups in total. The van der Waals surface area contributed by atoms with Crippen molar-refractivity contribution < 1.29 is 13.2 Å². The highest BCUT2D eigenvalue weighted by Gasteiger charge is 2.23. The van der Waals surface area contributed by atoms with E-state index >= 15 is 0 Å². The molecule has 0 unspecified atom stereocenters. The number of aryl methyl sites for hydroxylation is 1. The Kier molecular flexibility index (Phi) is 6.40. The quantitative estimate of drug-likeness (QED) is 0.226. The molecule has 0 atom stereocenters. The number of carbonyl (C=O) groups is 1. The lowest BCUT2D eigenvalue weighted by molar-refractivity contribution is -0.121. The van der Waals surface area contributed by atoms with E-state index in [2.05, 4.69) is 16.4 Å². The third kappa shape index (κ3) is 4.72. The molecule has 8 heteroatoms. The Labute approximate surface area is 208 Å². The number of amides is 1. The van der Waals surface area contributed by atoms with Crippen LogP contribution >= 0.6 is 11.8 Å². The molecule has 0 aliphatic rings. The van der Waals surface area contributed by atoms with Gasteiger partial charge in [-0.05, 0) is 31.2 Å². The van der Waals surface area contributed by atoms with Crippen LogP contribution in [0.1, 0.15) is 5.56 Å². The fourth-order valence-corrected chi connectivity index (χ4v) is 6.51. The number of H-pyrrole nitrogens is 1. The van der Waals surface area contributed by atoms with Gasteiger partial charge in [0, 0.05) is 51.4 Å². The molecule has 0 bridgehead atoms. The molecule has 3 aromatic carbocycles. The minimum atomic E-state index is -3.72. The number of benzene rings is 3. The highest BCUT2D eigenvalue weighted by molar-refractivity contribution is 7.99. The third-order valence-electron chi connectivity index (χ3n) is 5.92. The first-order chi connectivity index (χ1) is 16.9. The van der Waals surface area contributed by atoms with E-state index in [4.69, 9.17) is 0 Å². The second-order valence-electron chi connectivity index (χ2n) is 8.35. The van der Waals surface area contributed by atoms with Gasteiger partial charge in [0.05, 0.1) is 9.79 Å². The molecule has 2 aromatic heterocycles. The molecule has 2 heterocycles. The van der Waals surface area contributed by atoms with Gasteiger partial charge in [-0.25, -0.2) is 8.42 Å². The lowest BCUT2D eigenvalue weighted by atomic mass is 10.2. The fourth-order valence-electron chi connectivity index (χ4n) is 4.13. The maximum Gasteiger partial charge on any atom is 0.239 e. The average Bonchev–Trinajstić information content (AvgIpc) is 3.44. The Morgan fingerprint density at radius 1 is 0.971 bits per heavy atom. The van der Waals surface area contributed by atoms with E-state index in [0.717, 1.165) is 21.7 Å². The van der Waals surface area contributed by atoms with Gasteiger partial charge in [0.1, 0.15) is 6.54 Å². The Morgan fingerprint density at radius 3 is 2.49 bits per heavy atom. The van der Waals surface area contributed by atoms with E-state index < -0.39 is 9.84 Å². The fraction of sp³-hybridized carbons (Fsp3) is 0.148. The van der Waals surface area contributed by atoms with Gasteiger partial charge in [-0.1, -0.05) is 54.1 Å². The monoisotopic (exact) mass is 503 g/mol. The molecule has 1 amide bonds. The molecule has 0 fully saturated rings. The number of aromatic amines is 1. The van der Waals surface area contributed by atoms with Crippen LogP contribution in [-0.4, -0.2) is 36.2 Å². The largest absolute Gasteiger partial charge is 0.360 e. The van der Waals surface area contributed by atoms with Crippen LogP contribution in [0, 0.1) is 6.92 Å². The molecule has 0 saturated carbocycles. The van der Waals surface area contributed by atoms with E-state index in [1.807, 2.05) is 49.5 Å². The van der Waals surface area contributed by atoms with Gasteiger partial charge >= 0.3 is 0 Å². The number of thioether (sulfide) groups is 1. The topological polar surface area (TPSA) is 84.0 Å². The van der Waals surface area contributed by atoms with E-state index in [1.54, 1.807) is 52.9 Å². The number of nitrogens with one attached hydrogen (secondary N) is 2. The molecule has 0 saturated heterocycles. The maximum atomic E-state index is 13.4. The first-order valence-electron chi connectivity index (χ1n) is 11.3. The number of aromatic nitrogens is 2. The Balaban J connectivity index is 1.28. The van der Waals surface area contributed by atoms with Gasteiger partial charge in [-0.2, -0.15) is 0 Å². The number of nitrogens with zero attached hydrogens (tertiary/aromatic N) is 1. The second kappa shape index (κ2) is 9.64. The van der Waals surface area contributed by atoms with Crippen molar-refractivity contribution in [2.75, 3.05) is 12.3 Å². The molecule has 178 valence electrons. The van der Waals surface area contributed by atoms with Crippen molar-refractivity contribution in [3.05, 3.63) is 90.8 Å². The van der Waals surface area contributed by atoms with Crippen LogP contribution in [0.5, 0.6) is 0 Å². The molecule has 0 aliphatic carbocycles. The Bertz CT molecular complexity index is 1620. The van der Waals surface area contributed by atoms with Crippen LogP contribution in [0.3, 0.4) is 0 Å². The molecular formula is C27H25N3O3S2. The molecule has 5 rings (SSSR count). The summed E-state index contributed by atoms with van der Waals surface area (Å²) in [5.74, 6) is 0.567. The predicted octanol–water partition coefficient (Wildman–Crippen LogP) is 5.17. The summed E-state index contributed by atoms with van der Waals surface area (Å²) >= 11 is 1.68. The summed E-state index contributed by atoms with van der Waals surface area (Å²) in [5, 5.41) is 4.73. The van der Waals surface area contributed by atoms with Crippen molar-refractivity contribution in [2.24, 2.45) is 0 Å². The third-order valence-corrected chi connectivity index (χ3v) is 8.77. The molecule has 6 nitrogen and oxygen atoms in total. The standard InChI is InChI=1S/C27H25N3O3S2/c1-19-10-12-20(13-11-19)35(32,33)26-17-30(24-9-5-3-7-22(24)26)18-27(31)28-14-15-34-25-16-29-23-8-4-2-6-21(23)25/h2-13,16-17,29H,14-15,18H2,1H3,(H,28,31). The predicted molar refractivity (Wildman–Crippen MR) is 141 cm³/mol. The summed E-state index contributed by atoms with van der Waals surface area (Å²) in [6, 6.07) is 22.2. The van der Waals surface area contributed by atoms with E-state index in [0.29, 0.717) is 17.4 Å². The number of para-hydroxylation sites is 2. The molecule has 5 aromatic rings. The minimum Gasteiger partial charge on any atom is -0.360 e. The number of carbonyl (C=O) groups excluding carboxylic acids is 1. The second-order valence-corrected chi connectivity index (χ2v) is 11.4. The normalized spacial score (nSPS) is 11.8. The van der Waals surface area contributed by atoms with Gasteiger partial charge in [-0.3, -0.25) is 4.79 Å². The van der Waals surface area contributed by atoms with Crippen LogP contribution in [-0.2, 0) is 21.2 Å². The van der Waals surface area contributed by atoms with Gasteiger partial charge < -0.3 is 14.9 Å². The van der Waals surface area contributed by atoms with E-state index in [9.17, 15) is 13.2 Å². The highest BCUT2D eigenvalue weighted by Crippen LogP contribution is 2.30. The summed E-state index contributed by atoms with van der Waals surface area (Å²) in [4.78, 5) is 17.6. The van der Waals surface area contributed by atoms with Crippen LogP contribution in [0.15, 0.2) is 99.9 Å². The molecule has 0 aliphatic heterocycles. The summed E-state index contributed by atoms with van der Waals surface area (Å²) in [5.41, 5.74) is 2.79. The lowest BCUT2D eigenvalue weighted by Gasteiger charge is -2.07. The molecule has 0 radical (unpaired) electrons. The highest BCUT2D eigenvalue weighted by atomic mass is 32.2. The number of sulfone groups is 1. The Morgan fingerprint density at radius 2 is 1.69 bits per heavy atom. The summed E-state index contributed by atoms with van der Waals surface area (Å²) in [7, 11) is -3.72. The zero-order valence-electron chi connectivity index (χ0n) is 19.2. The number of hydrogen-bond acceptors (Lipinski definition) is 4. The summed E-state index contributed by atoms with van der Waals surface area (Å²) < 4.78 is 28.4. The van der Waals surface area contributed by atoms with E-state index in [1.165, 1.54) is 5.39 Å². The van der Waals surface area contributed by atoms with Crippen molar-refractivity contribution in [1.82, 2.24) is 14.9 Å². The molecule has 0 spiro atoms. The van der Waals surface area contributed by atoms with Crippen LogP contribution in [0.25, 0.3) is 21.8 Å². The van der Waals surface area contributed by atoms with Crippen LogP contribution in [0.2, 0.25) is 0 Å². The van der Waals surface area contributed by atoms with Crippen molar-refractivity contribution >= 4 is 49.3 Å². The van der Waals surface area contributed by atoms with Gasteiger partial charge in [0.2, 0.25) is 15.7 Å². The maximum absolute atomic E-state index is 13.4. The smallest absolute Gasteiger partial charge is 0.239 e. The van der Waals surface area contributed by atoms with Crippen molar-refractivity contribution in [3.8, 4) is 0 Å². The summed E-state index contributed by atoms with van der Waals surface area (Å²) in [6.45, 7) is 2.47. The Hall–Kier alpha value is -3.49. The molecule has 35 heavy (non-hydrogen) atoms. The van der Waals surface area contributed by atoms with Crippen LogP contribution in [0.4, 0.5) is 0 Å².